The molecule has 15 heavy (non-hydrogen) atoms. The van der Waals surface area contributed by atoms with Gasteiger partial charge in [0.2, 0.25) is 0 Å². The molecular formula is C11H21NO3. The van der Waals surface area contributed by atoms with E-state index < -0.39 is 6.10 Å². The Balaban J connectivity index is 2.02. The van der Waals surface area contributed by atoms with Crippen LogP contribution in [0.25, 0.3) is 0 Å². The Morgan fingerprint density at radius 2 is 2.27 bits per heavy atom. The summed E-state index contributed by atoms with van der Waals surface area (Å²) in [5.74, 6) is 0. The molecule has 0 aromatic carbocycles. The van der Waals surface area contributed by atoms with Gasteiger partial charge in [0.05, 0.1) is 18.8 Å². The van der Waals surface area contributed by atoms with Gasteiger partial charge in [-0.05, 0) is 25.7 Å². The highest BCUT2D eigenvalue weighted by molar-refractivity contribution is 4.94. The summed E-state index contributed by atoms with van der Waals surface area (Å²) in [6.45, 7) is 2.61. The molecule has 2 aliphatic rings. The molecule has 88 valence electrons. The predicted octanol–water partition coefficient (Wildman–Crippen LogP) is 0.282. The van der Waals surface area contributed by atoms with Crippen LogP contribution in [0.5, 0.6) is 0 Å². The van der Waals surface area contributed by atoms with Crippen LogP contribution in [0.1, 0.15) is 25.7 Å². The van der Waals surface area contributed by atoms with Crippen LogP contribution in [0, 0.1) is 5.41 Å². The zero-order valence-corrected chi connectivity index (χ0v) is 9.15. The summed E-state index contributed by atoms with van der Waals surface area (Å²) in [6, 6.07) is 0. The van der Waals surface area contributed by atoms with Gasteiger partial charge in [-0.15, -0.1) is 0 Å². The monoisotopic (exact) mass is 215 g/mol. The molecule has 3 atom stereocenters. The van der Waals surface area contributed by atoms with E-state index in [1.807, 2.05) is 0 Å². The fourth-order valence-corrected chi connectivity index (χ4v) is 2.63. The lowest BCUT2D eigenvalue weighted by Gasteiger charge is -2.41. The van der Waals surface area contributed by atoms with Crippen molar-refractivity contribution in [1.82, 2.24) is 0 Å². The van der Waals surface area contributed by atoms with Crippen molar-refractivity contribution in [2.75, 3.05) is 26.4 Å². The maximum absolute atomic E-state index is 10.3. The molecule has 2 heterocycles. The Bertz CT molecular complexity index is 198. The molecule has 2 aliphatic heterocycles. The average Bonchev–Trinajstić information content (AvgIpc) is 2.82. The average molecular weight is 215 g/mol. The zero-order valence-electron chi connectivity index (χ0n) is 9.15. The third-order valence-electron chi connectivity index (χ3n) is 3.70. The highest BCUT2D eigenvalue weighted by Gasteiger charge is 2.43. The summed E-state index contributed by atoms with van der Waals surface area (Å²) < 4.78 is 11.0. The molecule has 4 heteroatoms. The number of rotatable bonds is 3. The second kappa shape index (κ2) is 4.78. The molecule has 3 unspecified atom stereocenters. The molecule has 4 nitrogen and oxygen atoms in total. The van der Waals surface area contributed by atoms with Gasteiger partial charge < -0.3 is 20.3 Å². The summed E-state index contributed by atoms with van der Waals surface area (Å²) in [5, 5.41) is 10.3. The normalized spacial score (nSPS) is 39.2. The minimum absolute atomic E-state index is 0.0322. The first kappa shape index (κ1) is 11.3. The quantitative estimate of drug-likeness (QED) is 0.710. The lowest BCUT2D eigenvalue weighted by Crippen LogP contribution is -2.52. The van der Waals surface area contributed by atoms with E-state index in [0.29, 0.717) is 13.2 Å². The van der Waals surface area contributed by atoms with E-state index in [4.69, 9.17) is 15.2 Å². The second-order valence-electron chi connectivity index (χ2n) is 4.72. The summed E-state index contributed by atoms with van der Waals surface area (Å²) in [4.78, 5) is 0. The first-order valence-corrected chi connectivity index (χ1v) is 5.86. The Kier molecular flexibility index (Phi) is 3.61. The summed E-state index contributed by atoms with van der Waals surface area (Å²) in [7, 11) is 0. The summed E-state index contributed by atoms with van der Waals surface area (Å²) in [5.41, 5.74) is 5.54. The fraction of sp³-hybridized carbons (Fsp3) is 1.00. The Morgan fingerprint density at radius 1 is 1.40 bits per heavy atom. The van der Waals surface area contributed by atoms with Crippen molar-refractivity contribution in [3.8, 4) is 0 Å². The van der Waals surface area contributed by atoms with E-state index in [9.17, 15) is 5.11 Å². The van der Waals surface area contributed by atoms with Crippen LogP contribution >= 0.6 is 0 Å². The van der Waals surface area contributed by atoms with E-state index in [2.05, 4.69) is 0 Å². The van der Waals surface area contributed by atoms with Gasteiger partial charge in [0.1, 0.15) is 0 Å². The molecule has 0 aromatic heterocycles. The second-order valence-corrected chi connectivity index (χ2v) is 4.72. The third kappa shape index (κ3) is 2.18. The number of aliphatic hydroxyl groups is 1. The molecule has 2 fully saturated rings. The van der Waals surface area contributed by atoms with Crippen LogP contribution in [0.2, 0.25) is 0 Å². The van der Waals surface area contributed by atoms with E-state index in [0.717, 1.165) is 38.9 Å². The largest absolute Gasteiger partial charge is 0.390 e. The van der Waals surface area contributed by atoms with Gasteiger partial charge in [-0.1, -0.05) is 0 Å². The van der Waals surface area contributed by atoms with Crippen molar-refractivity contribution in [2.24, 2.45) is 11.1 Å². The Labute approximate surface area is 90.7 Å². The molecule has 0 saturated carbocycles. The van der Waals surface area contributed by atoms with Gasteiger partial charge in [-0.3, -0.25) is 0 Å². The minimum atomic E-state index is -0.467. The van der Waals surface area contributed by atoms with Gasteiger partial charge in [-0.2, -0.15) is 0 Å². The van der Waals surface area contributed by atoms with Crippen LogP contribution in [0.3, 0.4) is 0 Å². The van der Waals surface area contributed by atoms with Gasteiger partial charge in [0, 0.05) is 25.2 Å². The lowest BCUT2D eigenvalue weighted by atomic mass is 9.75. The van der Waals surface area contributed by atoms with Crippen molar-refractivity contribution >= 4 is 0 Å². The van der Waals surface area contributed by atoms with Gasteiger partial charge >= 0.3 is 0 Å². The fourth-order valence-electron chi connectivity index (χ4n) is 2.63. The molecule has 0 amide bonds. The Hall–Kier alpha value is -0.160. The van der Waals surface area contributed by atoms with Crippen LogP contribution in [-0.2, 0) is 9.47 Å². The van der Waals surface area contributed by atoms with Crippen LogP contribution in [-0.4, -0.2) is 43.7 Å². The molecule has 3 N–H and O–H groups in total. The van der Waals surface area contributed by atoms with Gasteiger partial charge in [0.15, 0.2) is 0 Å². The molecule has 2 saturated heterocycles. The molecule has 0 radical (unpaired) electrons. The van der Waals surface area contributed by atoms with Crippen LogP contribution in [0.4, 0.5) is 0 Å². The van der Waals surface area contributed by atoms with Crippen molar-refractivity contribution in [3.05, 3.63) is 0 Å². The number of aliphatic hydroxyl groups excluding tert-OH is 1. The van der Waals surface area contributed by atoms with E-state index in [-0.39, 0.29) is 11.5 Å². The van der Waals surface area contributed by atoms with Crippen molar-refractivity contribution in [3.63, 3.8) is 0 Å². The topological polar surface area (TPSA) is 64.7 Å². The predicted molar refractivity (Wildman–Crippen MR) is 56.5 cm³/mol. The van der Waals surface area contributed by atoms with Crippen molar-refractivity contribution < 1.29 is 14.6 Å². The number of ether oxygens (including phenoxy) is 2. The first-order chi connectivity index (χ1) is 7.28. The number of hydrogen-bond donors (Lipinski definition) is 2. The maximum atomic E-state index is 10.3. The lowest BCUT2D eigenvalue weighted by molar-refractivity contribution is -0.124. The molecule has 0 aliphatic carbocycles. The van der Waals surface area contributed by atoms with E-state index >= 15 is 0 Å². The number of nitrogens with two attached hydrogens (primary N) is 1. The Morgan fingerprint density at radius 3 is 2.80 bits per heavy atom. The zero-order chi connectivity index (χ0) is 10.7. The van der Waals surface area contributed by atoms with Crippen LogP contribution < -0.4 is 5.73 Å². The highest BCUT2D eigenvalue weighted by Crippen LogP contribution is 2.35. The van der Waals surface area contributed by atoms with E-state index in [1.54, 1.807) is 0 Å². The van der Waals surface area contributed by atoms with Gasteiger partial charge in [0.25, 0.3) is 0 Å². The molecular weight excluding hydrogens is 194 g/mol. The van der Waals surface area contributed by atoms with Gasteiger partial charge in [-0.25, -0.2) is 0 Å². The van der Waals surface area contributed by atoms with Crippen molar-refractivity contribution in [2.45, 2.75) is 37.9 Å². The maximum Gasteiger partial charge on any atom is 0.0892 e. The molecule has 0 aromatic rings. The molecule has 2 rings (SSSR count). The van der Waals surface area contributed by atoms with E-state index in [1.165, 1.54) is 0 Å². The van der Waals surface area contributed by atoms with Crippen molar-refractivity contribution in [1.29, 1.82) is 0 Å². The third-order valence-corrected chi connectivity index (χ3v) is 3.70. The standard InChI is InChI=1S/C11H21NO3/c12-7-11(4-2-5-14-8-11)10(13)9-3-1-6-15-9/h9-10,13H,1-8,12H2. The molecule has 0 bridgehead atoms. The summed E-state index contributed by atoms with van der Waals surface area (Å²) in [6.07, 6.45) is 3.43. The minimum Gasteiger partial charge on any atom is -0.390 e. The SMILES string of the molecule is NCC1(C(O)C2CCCO2)CCCOC1. The molecule has 0 spiro atoms. The first-order valence-electron chi connectivity index (χ1n) is 5.86. The summed E-state index contributed by atoms with van der Waals surface area (Å²) >= 11 is 0. The van der Waals surface area contributed by atoms with Crippen LogP contribution in [0.15, 0.2) is 0 Å². The smallest absolute Gasteiger partial charge is 0.0892 e. The highest BCUT2D eigenvalue weighted by atomic mass is 16.5. The number of hydrogen-bond acceptors (Lipinski definition) is 4.